The number of methoxy groups -OCH3 is 1. The van der Waals surface area contributed by atoms with Crippen molar-refractivity contribution in [2.75, 3.05) is 25.6 Å². The van der Waals surface area contributed by atoms with E-state index >= 15 is 0 Å². The number of anilines is 1. The highest BCUT2D eigenvalue weighted by molar-refractivity contribution is 7.18. The summed E-state index contributed by atoms with van der Waals surface area (Å²) in [7, 11) is 1.70. The molecule has 0 saturated heterocycles. The van der Waals surface area contributed by atoms with Gasteiger partial charge in [0.2, 0.25) is 0 Å². The van der Waals surface area contributed by atoms with E-state index in [9.17, 15) is 0 Å². The Morgan fingerprint density at radius 1 is 1.20 bits per heavy atom. The van der Waals surface area contributed by atoms with Crippen LogP contribution in [0, 0.1) is 0 Å². The average molecular weight is 290 g/mol. The lowest BCUT2D eigenvalue weighted by molar-refractivity contribution is 0.211. The van der Waals surface area contributed by atoms with Gasteiger partial charge in [0, 0.05) is 19.9 Å². The molecule has 0 fully saturated rings. The molecular formula is C16H22N2OS. The maximum absolute atomic E-state index is 5.01. The SMILES string of the molecule is COCCNc1ncc(-c2ccc(C(C)(C)C)cc2)s1. The molecule has 1 N–H and O–H groups in total. The molecule has 0 bridgehead atoms. The molecule has 0 radical (unpaired) electrons. The lowest BCUT2D eigenvalue weighted by Gasteiger charge is -2.18. The summed E-state index contributed by atoms with van der Waals surface area (Å²) in [5.74, 6) is 0. The zero-order valence-electron chi connectivity index (χ0n) is 12.6. The number of ether oxygens (including phenoxy) is 1. The Labute approximate surface area is 125 Å². The number of rotatable bonds is 5. The highest BCUT2D eigenvalue weighted by atomic mass is 32.1. The Morgan fingerprint density at radius 2 is 1.90 bits per heavy atom. The molecular weight excluding hydrogens is 268 g/mol. The van der Waals surface area contributed by atoms with E-state index in [-0.39, 0.29) is 5.41 Å². The van der Waals surface area contributed by atoms with Crippen LogP contribution in [0.3, 0.4) is 0 Å². The highest BCUT2D eigenvalue weighted by Crippen LogP contribution is 2.31. The minimum atomic E-state index is 0.194. The molecule has 0 spiro atoms. The molecule has 0 amide bonds. The van der Waals surface area contributed by atoms with Crippen molar-refractivity contribution >= 4 is 16.5 Å². The van der Waals surface area contributed by atoms with Gasteiger partial charge in [0.1, 0.15) is 0 Å². The molecule has 0 aliphatic heterocycles. The lowest BCUT2D eigenvalue weighted by Crippen LogP contribution is -2.10. The van der Waals surface area contributed by atoms with E-state index in [4.69, 9.17) is 4.74 Å². The van der Waals surface area contributed by atoms with Crippen LogP contribution in [0.1, 0.15) is 26.3 Å². The van der Waals surface area contributed by atoms with Gasteiger partial charge in [-0.1, -0.05) is 56.4 Å². The summed E-state index contributed by atoms with van der Waals surface area (Å²) < 4.78 is 5.01. The predicted octanol–water partition coefficient (Wildman–Crippen LogP) is 4.17. The van der Waals surface area contributed by atoms with Crippen LogP contribution in [0.4, 0.5) is 5.13 Å². The number of aromatic nitrogens is 1. The molecule has 0 aliphatic rings. The first-order chi connectivity index (χ1) is 9.50. The van der Waals surface area contributed by atoms with Crippen LogP contribution >= 0.6 is 11.3 Å². The summed E-state index contributed by atoms with van der Waals surface area (Å²) in [5, 5.41) is 4.20. The fourth-order valence-corrected chi connectivity index (χ4v) is 2.73. The first-order valence-electron chi connectivity index (χ1n) is 6.80. The lowest BCUT2D eigenvalue weighted by atomic mass is 9.87. The van der Waals surface area contributed by atoms with E-state index in [1.807, 2.05) is 6.20 Å². The zero-order chi connectivity index (χ0) is 14.6. The molecule has 2 aromatic rings. The third kappa shape index (κ3) is 3.81. The van der Waals surface area contributed by atoms with Crippen molar-refractivity contribution in [3.05, 3.63) is 36.0 Å². The second kappa shape index (κ2) is 6.37. The fourth-order valence-electron chi connectivity index (χ4n) is 1.88. The van der Waals surface area contributed by atoms with Gasteiger partial charge in [0.15, 0.2) is 5.13 Å². The number of nitrogens with zero attached hydrogens (tertiary/aromatic N) is 1. The van der Waals surface area contributed by atoms with Crippen molar-refractivity contribution in [3.63, 3.8) is 0 Å². The number of hydrogen-bond acceptors (Lipinski definition) is 4. The smallest absolute Gasteiger partial charge is 0.183 e. The molecule has 20 heavy (non-hydrogen) atoms. The quantitative estimate of drug-likeness (QED) is 0.839. The van der Waals surface area contributed by atoms with Crippen LogP contribution in [0.15, 0.2) is 30.5 Å². The van der Waals surface area contributed by atoms with Crippen LogP contribution in [-0.2, 0) is 10.2 Å². The third-order valence-corrected chi connectivity index (χ3v) is 4.13. The van der Waals surface area contributed by atoms with Crippen molar-refractivity contribution in [3.8, 4) is 10.4 Å². The Kier molecular flexibility index (Phi) is 4.78. The topological polar surface area (TPSA) is 34.1 Å². The van der Waals surface area contributed by atoms with Gasteiger partial charge in [-0.25, -0.2) is 4.98 Å². The van der Waals surface area contributed by atoms with Crippen LogP contribution in [-0.4, -0.2) is 25.2 Å². The predicted molar refractivity (Wildman–Crippen MR) is 86.6 cm³/mol. The first-order valence-corrected chi connectivity index (χ1v) is 7.62. The molecule has 1 aromatic carbocycles. The monoisotopic (exact) mass is 290 g/mol. The summed E-state index contributed by atoms with van der Waals surface area (Å²) in [6.07, 6.45) is 1.92. The Bertz CT molecular complexity index is 540. The van der Waals surface area contributed by atoms with E-state index in [0.29, 0.717) is 6.61 Å². The zero-order valence-corrected chi connectivity index (χ0v) is 13.4. The van der Waals surface area contributed by atoms with Crippen molar-refractivity contribution < 1.29 is 4.74 Å². The van der Waals surface area contributed by atoms with Crippen LogP contribution in [0.25, 0.3) is 10.4 Å². The van der Waals surface area contributed by atoms with Crippen molar-refractivity contribution in [2.45, 2.75) is 26.2 Å². The average Bonchev–Trinajstić information content (AvgIpc) is 2.87. The second-order valence-electron chi connectivity index (χ2n) is 5.78. The fraction of sp³-hybridized carbons (Fsp3) is 0.438. The normalized spacial score (nSPS) is 11.6. The van der Waals surface area contributed by atoms with E-state index in [2.05, 4.69) is 55.3 Å². The maximum Gasteiger partial charge on any atom is 0.183 e. The standard InChI is InChI=1S/C16H22N2OS/c1-16(2,3)13-7-5-12(6-8-13)14-11-18-15(20-14)17-9-10-19-4/h5-8,11H,9-10H2,1-4H3,(H,17,18). The Hall–Kier alpha value is -1.39. The van der Waals surface area contributed by atoms with Crippen molar-refractivity contribution in [2.24, 2.45) is 0 Å². The first kappa shape index (κ1) is 15.0. The molecule has 2 rings (SSSR count). The summed E-state index contributed by atoms with van der Waals surface area (Å²) in [6.45, 7) is 8.16. The van der Waals surface area contributed by atoms with Gasteiger partial charge in [-0.2, -0.15) is 0 Å². The summed E-state index contributed by atoms with van der Waals surface area (Å²) in [5.41, 5.74) is 2.76. The van der Waals surface area contributed by atoms with Gasteiger partial charge in [-0.05, 0) is 16.5 Å². The highest BCUT2D eigenvalue weighted by Gasteiger charge is 2.13. The molecule has 108 valence electrons. The van der Waals surface area contributed by atoms with E-state index in [1.165, 1.54) is 16.0 Å². The van der Waals surface area contributed by atoms with Gasteiger partial charge in [-0.15, -0.1) is 0 Å². The van der Waals surface area contributed by atoms with Gasteiger partial charge in [-0.3, -0.25) is 0 Å². The van der Waals surface area contributed by atoms with E-state index in [1.54, 1.807) is 18.4 Å². The Balaban J connectivity index is 2.08. The Morgan fingerprint density at radius 3 is 2.50 bits per heavy atom. The molecule has 0 unspecified atom stereocenters. The molecule has 0 aliphatic carbocycles. The van der Waals surface area contributed by atoms with Gasteiger partial charge in [0.05, 0.1) is 11.5 Å². The molecule has 4 heteroatoms. The molecule has 3 nitrogen and oxygen atoms in total. The van der Waals surface area contributed by atoms with Crippen LogP contribution in [0.2, 0.25) is 0 Å². The van der Waals surface area contributed by atoms with E-state index < -0.39 is 0 Å². The van der Waals surface area contributed by atoms with Gasteiger partial charge >= 0.3 is 0 Å². The van der Waals surface area contributed by atoms with Crippen LogP contribution in [0.5, 0.6) is 0 Å². The molecule has 0 atom stereocenters. The van der Waals surface area contributed by atoms with Crippen LogP contribution < -0.4 is 5.32 Å². The van der Waals surface area contributed by atoms with Crippen molar-refractivity contribution in [1.29, 1.82) is 0 Å². The number of nitrogens with one attached hydrogen (secondary N) is 1. The van der Waals surface area contributed by atoms with Gasteiger partial charge in [0.25, 0.3) is 0 Å². The minimum absolute atomic E-state index is 0.194. The number of thiazole rings is 1. The largest absolute Gasteiger partial charge is 0.383 e. The maximum atomic E-state index is 5.01. The number of benzene rings is 1. The minimum Gasteiger partial charge on any atom is -0.383 e. The van der Waals surface area contributed by atoms with Gasteiger partial charge < -0.3 is 10.1 Å². The molecule has 1 aromatic heterocycles. The molecule has 0 saturated carbocycles. The second-order valence-corrected chi connectivity index (χ2v) is 6.81. The van der Waals surface area contributed by atoms with Crippen molar-refractivity contribution in [1.82, 2.24) is 4.98 Å². The third-order valence-electron chi connectivity index (χ3n) is 3.12. The molecule has 1 heterocycles. The summed E-state index contributed by atoms with van der Waals surface area (Å²) >= 11 is 1.67. The van der Waals surface area contributed by atoms with E-state index in [0.717, 1.165) is 11.7 Å². The summed E-state index contributed by atoms with van der Waals surface area (Å²) in [4.78, 5) is 5.57. The number of hydrogen-bond donors (Lipinski definition) is 1. The summed E-state index contributed by atoms with van der Waals surface area (Å²) in [6, 6.07) is 8.75.